The van der Waals surface area contributed by atoms with Gasteiger partial charge in [-0.15, -0.1) is 0 Å². The summed E-state index contributed by atoms with van der Waals surface area (Å²) in [6.07, 6.45) is -1.29. The van der Waals surface area contributed by atoms with Gasteiger partial charge in [-0.25, -0.2) is 0 Å². The van der Waals surface area contributed by atoms with Gasteiger partial charge in [-0.05, 0) is 23.8 Å². The Morgan fingerprint density at radius 2 is 1.95 bits per heavy atom. The fourth-order valence-electron chi connectivity index (χ4n) is 1.68. The highest BCUT2D eigenvalue weighted by atomic mass is 35.5. The van der Waals surface area contributed by atoms with Crippen molar-refractivity contribution in [1.29, 1.82) is 5.26 Å². The second kappa shape index (κ2) is 6.20. The Hall–Kier alpha value is -2.35. The van der Waals surface area contributed by atoms with E-state index in [1.54, 1.807) is 36.4 Å². The normalized spacial score (nSPS) is 11.4. The summed E-state index contributed by atoms with van der Waals surface area (Å²) in [5.74, 6) is -0.604. The number of amides is 1. The van der Waals surface area contributed by atoms with Crippen LogP contribution in [0.15, 0.2) is 48.5 Å². The summed E-state index contributed by atoms with van der Waals surface area (Å²) in [7, 11) is 0. The van der Waals surface area contributed by atoms with E-state index in [0.717, 1.165) is 0 Å². The van der Waals surface area contributed by atoms with Crippen molar-refractivity contribution in [3.8, 4) is 6.07 Å². The molecule has 1 atom stereocenters. The fourth-order valence-corrected chi connectivity index (χ4v) is 1.84. The first kappa shape index (κ1) is 14.1. The Bertz CT molecular complexity index is 665. The van der Waals surface area contributed by atoms with Crippen LogP contribution < -0.4 is 5.32 Å². The highest BCUT2D eigenvalue weighted by Crippen LogP contribution is 2.24. The topological polar surface area (TPSA) is 73.1 Å². The molecule has 0 aliphatic carbocycles. The van der Waals surface area contributed by atoms with Gasteiger partial charge in [0.15, 0.2) is 6.10 Å². The summed E-state index contributed by atoms with van der Waals surface area (Å²) in [5.41, 5.74) is 1.15. The zero-order valence-corrected chi connectivity index (χ0v) is 11.1. The number of halogens is 1. The third-order valence-electron chi connectivity index (χ3n) is 2.72. The number of nitrogens with one attached hydrogen (secondary N) is 1. The molecule has 0 aliphatic heterocycles. The summed E-state index contributed by atoms with van der Waals surface area (Å²) in [6, 6.07) is 15.0. The summed E-state index contributed by atoms with van der Waals surface area (Å²) in [4.78, 5) is 12.0. The van der Waals surface area contributed by atoms with E-state index in [1.165, 1.54) is 12.1 Å². The molecule has 0 fully saturated rings. The smallest absolute Gasteiger partial charge is 0.257 e. The second-order valence-electron chi connectivity index (χ2n) is 4.11. The zero-order valence-electron chi connectivity index (χ0n) is 10.4. The first-order valence-corrected chi connectivity index (χ1v) is 6.23. The summed E-state index contributed by atoms with van der Waals surface area (Å²) < 4.78 is 0. The van der Waals surface area contributed by atoms with E-state index in [4.69, 9.17) is 16.9 Å². The number of nitrogens with zero attached hydrogens (tertiary/aromatic N) is 1. The fraction of sp³-hybridized carbons (Fsp3) is 0.0667. The summed E-state index contributed by atoms with van der Waals surface area (Å²) in [5, 5.41) is 21.6. The van der Waals surface area contributed by atoms with Crippen LogP contribution in [0.5, 0.6) is 0 Å². The summed E-state index contributed by atoms with van der Waals surface area (Å²) >= 11 is 5.94. The lowest BCUT2D eigenvalue weighted by Gasteiger charge is -2.12. The predicted molar refractivity (Wildman–Crippen MR) is 76.2 cm³/mol. The Morgan fingerprint density at radius 3 is 2.60 bits per heavy atom. The van der Waals surface area contributed by atoms with Crippen LogP contribution in [0.4, 0.5) is 5.69 Å². The minimum absolute atomic E-state index is 0.297. The lowest BCUT2D eigenvalue weighted by molar-refractivity contribution is -0.124. The molecular weight excluding hydrogens is 276 g/mol. The number of hydrogen-bond acceptors (Lipinski definition) is 3. The molecular formula is C15H11ClN2O2. The van der Waals surface area contributed by atoms with Gasteiger partial charge in [0, 0.05) is 0 Å². The van der Waals surface area contributed by atoms with Crippen LogP contribution in [0.25, 0.3) is 0 Å². The lowest BCUT2D eigenvalue weighted by Crippen LogP contribution is -2.21. The van der Waals surface area contributed by atoms with Crippen molar-refractivity contribution in [2.75, 3.05) is 5.32 Å². The highest BCUT2D eigenvalue weighted by molar-refractivity contribution is 6.33. The summed E-state index contributed by atoms with van der Waals surface area (Å²) in [6.45, 7) is 0. The van der Waals surface area contributed by atoms with Crippen LogP contribution >= 0.6 is 11.6 Å². The van der Waals surface area contributed by atoms with Crippen molar-refractivity contribution in [1.82, 2.24) is 0 Å². The van der Waals surface area contributed by atoms with Crippen molar-refractivity contribution >= 4 is 23.2 Å². The van der Waals surface area contributed by atoms with Crippen LogP contribution in [-0.4, -0.2) is 11.0 Å². The number of carbonyl (C=O) groups excluding carboxylic acids is 1. The average molecular weight is 287 g/mol. The number of benzene rings is 2. The molecule has 0 saturated heterocycles. The maximum absolute atomic E-state index is 12.0. The quantitative estimate of drug-likeness (QED) is 0.911. The average Bonchev–Trinajstić information content (AvgIpc) is 2.49. The van der Waals surface area contributed by atoms with Gasteiger partial charge in [-0.2, -0.15) is 5.26 Å². The first-order chi connectivity index (χ1) is 9.61. The first-order valence-electron chi connectivity index (χ1n) is 5.85. The van der Waals surface area contributed by atoms with E-state index in [9.17, 15) is 9.90 Å². The molecule has 0 saturated carbocycles. The third kappa shape index (κ3) is 3.15. The van der Waals surface area contributed by atoms with Crippen LogP contribution in [0.3, 0.4) is 0 Å². The van der Waals surface area contributed by atoms with Crippen molar-refractivity contribution in [2.24, 2.45) is 0 Å². The largest absolute Gasteiger partial charge is 0.378 e. The molecule has 2 aromatic rings. The lowest BCUT2D eigenvalue weighted by atomic mass is 10.1. The van der Waals surface area contributed by atoms with E-state index in [-0.39, 0.29) is 0 Å². The van der Waals surface area contributed by atoms with Gasteiger partial charge in [0.05, 0.1) is 22.3 Å². The third-order valence-corrected chi connectivity index (χ3v) is 3.05. The van der Waals surface area contributed by atoms with Crippen LogP contribution in [0.1, 0.15) is 17.2 Å². The van der Waals surface area contributed by atoms with E-state index in [1.807, 2.05) is 6.07 Å². The van der Waals surface area contributed by atoms with Gasteiger partial charge >= 0.3 is 0 Å². The number of carbonyl (C=O) groups is 1. The Kier molecular flexibility index (Phi) is 4.36. The molecule has 2 rings (SSSR count). The maximum Gasteiger partial charge on any atom is 0.257 e. The van der Waals surface area contributed by atoms with E-state index in [2.05, 4.69) is 5.32 Å². The van der Waals surface area contributed by atoms with Gasteiger partial charge in [0.25, 0.3) is 5.91 Å². The Labute approximate surface area is 121 Å². The molecule has 4 nitrogen and oxygen atoms in total. The Morgan fingerprint density at radius 1 is 1.25 bits per heavy atom. The number of aliphatic hydroxyl groups is 1. The van der Waals surface area contributed by atoms with E-state index >= 15 is 0 Å². The molecule has 0 spiro atoms. The molecule has 1 unspecified atom stereocenters. The second-order valence-corrected chi connectivity index (χ2v) is 4.52. The molecule has 1 amide bonds. The van der Waals surface area contributed by atoms with E-state index in [0.29, 0.717) is 21.8 Å². The standard InChI is InChI=1S/C15H11ClN2O2/c16-12-7-6-10(9-17)8-13(12)18-15(20)14(19)11-4-2-1-3-5-11/h1-8,14,19H,(H,18,20). The van der Waals surface area contributed by atoms with Gasteiger partial charge in [0.1, 0.15) is 0 Å². The molecule has 0 aromatic heterocycles. The van der Waals surface area contributed by atoms with Crippen molar-refractivity contribution in [3.05, 3.63) is 64.7 Å². The molecule has 5 heteroatoms. The van der Waals surface area contributed by atoms with Gasteiger partial charge in [-0.1, -0.05) is 41.9 Å². The number of anilines is 1. The monoisotopic (exact) mass is 286 g/mol. The zero-order chi connectivity index (χ0) is 14.5. The SMILES string of the molecule is N#Cc1ccc(Cl)c(NC(=O)C(O)c2ccccc2)c1. The van der Waals surface area contributed by atoms with Crippen molar-refractivity contribution in [2.45, 2.75) is 6.10 Å². The van der Waals surface area contributed by atoms with Crippen LogP contribution in [-0.2, 0) is 4.79 Å². The molecule has 20 heavy (non-hydrogen) atoms. The van der Waals surface area contributed by atoms with Crippen LogP contribution in [0.2, 0.25) is 5.02 Å². The highest BCUT2D eigenvalue weighted by Gasteiger charge is 2.18. The minimum atomic E-state index is -1.29. The van der Waals surface area contributed by atoms with Gasteiger partial charge in [-0.3, -0.25) is 4.79 Å². The number of aliphatic hydroxyl groups excluding tert-OH is 1. The maximum atomic E-state index is 12.0. The number of nitriles is 1. The molecule has 0 radical (unpaired) electrons. The van der Waals surface area contributed by atoms with Gasteiger partial charge in [0.2, 0.25) is 0 Å². The number of hydrogen-bond donors (Lipinski definition) is 2. The molecule has 0 bridgehead atoms. The van der Waals surface area contributed by atoms with Crippen molar-refractivity contribution in [3.63, 3.8) is 0 Å². The van der Waals surface area contributed by atoms with E-state index < -0.39 is 12.0 Å². The predicted octanol–water partition coefficient (Wildman–Crippen LogP) is 2.88. The minimum Gasteiger partial charge on any atom is -0.378 e. The van der Waals surface area contributed by atoms with Crippen molar-refractivity contribution < 1.29 is 9.90 Å². The van der Waals surface area contributed by atoms with Gasteiger partial charge < -0.3 is 10.4 Å². The van der Waals surface area contributed by atoms with Crippen LogP contribution in [0, 0.1) is 11.3 Å². The molecule has 2 aromatic carbocycles. The molecule has 2 N–H and O–H groups in total. The number of rotatable bonds is 3. The molecule has 0 heterocycles. The molecule has 0 aliphatic rings. The Balaban J connectivity index is 2.18. The molecule has 100 valence electrons.